The minimum atomic E-state index is -3.07. The van der Waals surface area contributed by atoms with E-state index >= 15 is 0 Å². The minimum absolute atomic E-state index is 1.35. The van der Waals surface area contributed by atoms with Crippen LogP contribution in [0.15, 0.2) is 0 Å². The minimum Gasteiger partial charge on any atom is -0.479 e. The molecular formula is C4H6O6. The smallest absolute Gasteiger partial charge is 0.350 e. The molecule has 58 valence electrons. The third kappa shape index (κ3) is 1.23. The predicted octanol–water partition coefficient (Wildman–Crippen LogP) is -2.12. The van der Waals surface area contributed by atoms with E-state index in [1.807, 2.05) is 0 Å². The Kier molecular flexibility index (Phi) is 2.33. The fraction of sp³-hybridized carbons (Fsp3) is 0.500. The van der Waals surface area contributed by atoms with Crippen LogP contribution in [0.2, 0.25) is 0 Å². The molecule has 0 atom stereocenters. The fourth-order valence-corrected chi connectivity index (χ4v) is 0.227. The molecule has 10 heavy (non-hydrogen) atoms. The second-order valence-corrected chi connectivity index (χ2v) is 1.63. The van der Waals surface area contributed by atoms with Crippen LogP contribution >= 0.6 is 0 Å². The molecular weight excluding hydrogens is 144 g/mol. The maximum atomic E-state index is 9.90. The van der Waals surface area contributed by atoms with Crippen LogP contribution in [-0.2, 0) is 9.59 Å². The van der Waals surface area contributed by atoms with E-state index in [1.54, 1.807) is 0 Å². The number of carboxylic acid groups (broad SMARTS) is 2. The normalized spacial score (nSPS) is 11.0. The number of hydrogen-bond donors (Lipinski definition) is 4. The van der Waals surface area contributed by atoms with Gasteiger partial charge in [0.2, 0.25) is 0 Å². The van der Waals surface area contributed by atoms with Crippen molar-refractivity contribution in [2.24, 2.45) is 0 Å². The number of carbonyl (C=O) groups is 2. The Bertz CT molecular complexity index is 147. The van der Waals surface area contributed by atoms with E-state index in [1.165, 1.54) is 0 Å². The summed E-state index contributed by atoms with van der Waals surface area (Å²) in [7, 11) is 0. The fourth-order valence-electron chi connectivity index (χ4n) is 0.227. The Morgan fingerprint density at radius 1 is 1.20 bits per heavy atom. The number of rotatable bonds is 3. The van der Waals surface area contributed by atoms with Crippen LogP contribution in [0, 0.1) is 0 Å². The van der Waals surface area contributed by atoms with Crippen molar-refractivity contribution in [2.75, 3.05) is 6.61 Å². The SMILES string of the molecule is O=C(O)C(O)(CO)C(=O)O. The molecule has 0 heterocycles. The molecule has 6 heteroatoms. The van der Waals surface area contributed by atoms with Gasteiger partial charge >= 0.3 is 11.9 Å². The second-order valence-electron chi connectivity index (χ2n) is 1.63. The second kappa shape index (κ2) is 2.63. The van der Waals surface area contributed by atoms with Crippen LogP contribution in [0.5, 0.6) is 0 Å². The molecule has 0 rings (SSSR count). The van der Waals surface area contributed by atoms with Gasteiger partial charge in [-0.05, 0) is 0 Å². The molecule has 0 amide bonds. The Hall–Kier alpha value is -1.14. The third-order valence-electron chi connectivity index (χ3n) is 0.936. The maximum Gasteiger partial charge on any atom is 0.350 e. The van der Waals surface area contributed by atoms with Crippen molar-refractivity contribution in [1.29, 1.82) is 0 Å². The van der Waals surface area contributed by atoms with Crippen molar-refractivity contribution in [1.82, 2.24) is 0 Å². The lowest BCUT2D eigenvalue weighted by Gasteiger charge is -2.13. The molecule has 0 aliphatic carbocycles. The number of aliphatic hydroxyl groups excluding tert-OH is 1. The van der Waals surface area contributed by atoms with Gasteiger partial charge in [-0.25, -0.2) is 9.59 Å². The van der Waals surface area contributed by atoms with E-state index in [0.29, 0.717) is 0 Å². The lowest BCUT2D eigenvalue weighted by atomic mass is 10.1. The van der Waals surface area contributed by atoms with Crippen molar-refractivity contribution in [3.8, 4) is 0 Å². The standard InChI is InChI=1S/C4H6O6/c5-1-4(10,2(6)7)3(8)9/h5,10H,1H2,(H,6,7)(H,8,9). The highest BCUT2D eigenvalue weighted by Crippen LogP contribution is 2.02. The highest BCUT2D eigenvalue weighted by Gasteiger charge is 2.44. The first-order valence-electron chi connectivity index (χ1n) is 2.25. The zero-order chi connectivity index (χ0) is 8.36. The molecule has 0 unspecified atom stereocenters. The summed E-state index contributed by atoms with van der Waals surface area (Å²) in [5, 5.41) is 32.7. The molecule has 0 fully saturated rings. The van der Waals surface area contributed by atoms with Crippen molar-refractivity contribution < 1.29 is 30.0 Å². The van der Waals surface area contributed by atoms with Crippen LogP contribution in [0.1, 0.15) is 0 Å². The zero-order valence-electron chi connectivity index (χ0n) is 4.81. The molecule has 4 N–H and O–H groups in total. The van der Waals surface area contributed by atoms with Gasteiger partial charge in [-0.2, -0.15) is 0 Å². The van der Waals surface area contributed by atoms with Crippen LogP contribution < -0.4 is 0 Å². The summed E-state index contributed by atoms with van der Waals surface area (Å²) in [4.78, 5) is 19.8. The van der Waals surface area contributed by atoms with Gasteiger partial charge < -0.3 is 20.4 Å². The molecule has 0 aromatic heterocycles. The molecule has 0 aliphatic heterocycles. The molecule has 0 saturated heterocycles. The Balaban J connectivity index is 4.55. The lowest BCUT2D eigenvalue weighted by molar-refractivity contribution is -0.180. The summed E-state index contributed by atoms with van der Waals surface area (Å²) in [5.41, 5.74) is -3.07. The lowest BCUT2D eigenvalue weighted by Crippen LogP contribution is -2.49. The molecule has 0 bridgehead atoms. The van der Waals surface area contributed by atoms with Crippen LogP contribution in [0.25, 0.3) is 0 Å². The molecule has 0 saturated carbocycles. The number of aliphatic hydroxyl groups is 2. The summed E-state index contributed by atoms with van der Waals surface area (Å²) >= 11 is 0. The Labute approximate surface area is 55.3 Å². The number of carboxylic acids is 2. The van der Waals surface area contributed by atoms with Crippen molar-refractivity contribution in [3.63, 3.8) is 0 Å². The maximum absolute atomic E-state index is 9.90. The van der Waals surface area contributed by atoms with Gasteiger partial charge in [-0.3, -0.25) is 0 Å². The average Bonchev–Trinajstić information content (AvgIpc) is 1.85. The average molecular weight is 150 g/mol. The summed E-state index contributed by atoms with van der Waals surface area (Å²) in [6.45, 7) is -1.35. The van der Waals surface area contributed by atoms with E-state index in [4.69, 9.17) is 20.4 Å². The Morgan fingerprint density at radius 2 is 1.50 bits per heavy atom. The summed E-state index contributed by atoms with van der Waals surface area (Å²) in [5.74, 6) is -3.97. The zero-order valence-corrected chi connectivity index (χ0v) is 4.81. The first kappa shape index (κ1) is 8.86. The van der Waals surface area contributed by atoms with Crippen molar-refractivity contribution >= 4 is 11.9 Å². The molecule has 0 aromatic rings. The van der Waals surface area contributed by atoms with E-state index in [-0.39, 0.29) is 0 Å². The summed E-state index contributed by atoms with van der Waals surface area (Å²) < 4.78 is 0. The van der Waals surface area contributed by atoms with Gasteiger partial charge in [0, 0.05) is 0 Å². The number of hydrogen-bond acceptors (Lipinski definition) is 4. The van der Waals surface area contributed by atoms with Gasteiger partial charge in [-0.1, -0.05) is 0 Å². The summed E-state index contributed by atoms with van der Waals surface area (Å²) in [6.07, 6.45) is 0. The molecule has 0 aromatic carbocycles. The third-order valence-corrected chi connectivity index (χ3v) is 0.936. The van der Waals surface area contributed by atoms with E-state index in [2.05, 4.69) is 0 Å². The van der Waals surface area contributed by atoms with Crippen LogP contribution in [-0.4, -0.2) is 44.6 Å². The molecule has 0 radical (unpaired) electrons. The van der Waals surface area contributed by atoms with Crippen molar-refractivity contribution in [3.05, 3.63) is 0 Å². The highest BCUT2D eigenvalue weighted by molar-refractivity contribution is 6.01. The molecule has 0 spiro atoms. The summed E-state index contributed by atoms with van der Waals surface area (Å²) in [6, 6.07) is 0. The largest absolute Gasteiger partial charge is 0.479 e. The highest BCUT2D eigenvalue weighted by atomic mass is 16.5. The Morgan fingerprint density at radius 3 is 1.50 bits per heavy atom. The van der Waals surface area contributed by atoms with Gasteiger partial charge in [0.15, 0.2) is 0 Å². The van der Waals surface area contributed by atoms with Crippen LogP contribution in [0.4, 0.5) is 0 Å². The van der Waals surface area contributed by atoms with E-state index in [0.717, 1.165) is 0 Å². The molecule has 0 aliphatic rings. The quantitative estimate of drug-likeness (QED) is 0.342. The van der Waals surface area contributed by atoms with Crippen molar-refractivity contribution in [2.45, 2.75) is 5.60 Å². The first-order valence-corrected chi connectivity index (χ1v) is 2.25. The monoisotopic (exact) mass is 150 g/mol. The van der Waals surface area contributed by atoms with E-state index < -0.39 is 24.1 Å². The predicted molar refractivity (Wildman–Crippen MR) is 27.3 cm³/mol. The number of aliphatic carboxylic acids is 2. The molecule has 6 nitrogen and oxygen atoms in total. The van der Waals surface area contributed by atoms with Gasteiger partial charge in [0.1, 0.15) is 0 Å². The van der Waals surface area contributed by atoms with Gasteiger partial charge in [0.25, 0.3) is 5.60 Å². The first-order chi connectivity index (χ1) is 4.45. The van der Waals surface area contributed by atoms with Gasteiger partial charge in [0.05, 0.1) is 6.61 Å². The van der Waals surface area contributed by atoms with E-state index in [9.17, 15) is 9.59 Å². The van der Waals surface area contributed by atoms with Crippen LogP contribution in [0.3, 0.4) is 0 Å². The topological polar surface area (TPSA) is 115 Å². The van der Waals surface area contributed by atoms with Gasteiger partial charge in [-0.15, -0.1) is 0 Å².